The maximum Gasteiger partial charge on any atom is 0.149 e. The molecule has 0 atom stereocenters. The minimum Gasteiger partial charge on any atom is -0.312 e. The van der Waals surface area contributed by atoms with E-state index in [1.54, 1.807) is 10.7 Å². The Labute approximate surface area is 126 Å². The summed E-state index contributed by atoms with van der Waals surface area (Å²) in [4.78, 5) is 0. The molecule has 0 aliphatic rings. The number of rotatable bonds is 5. The molecule has 1 heterocycles. The van der Waals surface area contributed by atoms with Gasteiger partial charge in [0.25, 0.3) is 0 Å². The summed E-state index contributed by atoms with van der Waals surface area (Å²) >= 11 is 0. The van der Waals surface area contributed by atoms with E-state index in [4.69, 9.17) is 0 Å². The first-order valence-corrected chi connectivity index (χ1v) is 7.43. The van der Waals surface area contributed by atoms with E-state index in [0.29, 0.717) is 18.2 Å². The summed E-state index contributed by atoms with van der Waals surface area (Å²) in [7, 11) is 0. The van der Waals surface area contributed by atoms with E-state index in [1.807, 2.05) is 26.8 Å². The molecular formula is C17H24FN3. The van der Waals surface area contributed by atoms with Crippen LogP contribution in [0.5, 0.6) is 0 Å². The van der Waals surface area contributed by atoms with E-state index < -0.39 is 0 Å². The van der Waals surface area contributed by atoms with Crippen molar-refractivity contribution in [1.82, 2.24) is 15.1 Å². The molecule has 0 fully saturated rings. The summed E-state index contributed by atoms with van der Waals surface area (Å²) in [5.74, 6) is 0.336. The fourth-order valence-corrected chi connectivity index (χ4v) is 2.37. The molecule has 21 heavy (non-hydrogen) atoms. The number of nitrogens with one attached hydrogen (secondary N) is 1. The van der Waals surface area contributed by atoms with E-state index in [-0.39, 0.29) is 5.82 Å². The molecule has 2 aromatic rings. The second kappa shape index (κ2) is 6.39. The SMILES string of the molecule is Cc1nn(-c2c(F)cccc2CNCC(C)C)c(C)c1C. The van der Waals surface area contributed by atoms with Gasteiger partial charge in [-0.15, -0.1) is 0 Å². The average molecular weight is 289 g/mol. The van der Waals surface area contributed by atoms with Crippen molar-refractivity contribution in [3.8, 4) is 5.69 Å². The number of hydrogen-bond donors (Lipinski definition) is 1. The van der Waals surface area contributed by atoms with Crippen LogP contribution < -0.4 is 5.32 Å². The van der Waals surface area contributed by atoms with Crippen LogP contribution in [-0.4, -0.2) is 16.3 Å². The highest BCUT2D eigenvalue weighted by molar-refractivity contribution is 5.44. The molecule has 1 N–H and O–H groups in total. The Morgan fingerprint density at radius 3 is 2.52 bits per heavy atom. The van der Waals surface area contributed by atoms with Crippen LogP contribution in [-0.2, 0) is 6.54 Å². The van der Waals surface area contributed by atoms with Gasteiger partial charge < -0.3 is 5.32 Å². The Kier molecular flexibility index (Phi) is 4.78. The molecule has 0 saturated heterocycles. The van der Waals surface area contributed by atoms with E-state index in [2.05, 4.69) is 24.3 Å². The van der Waals surface area contributed by atoms with Crippen LogP contribution in [0.2, 0.25) is 0 Å². The third kappa shape index (κ3) is 3.32. The number of aromatic nitrogens is 2. The Bertz CT molecular complexity index is 629. The molecule has 0 unspecified atom stereocenters. The Balaban J connectivity index is 2.40. The molecule has 4 heteroatoms. The number of nitrogens with zero attached hydrogens (tertiary/aromatic N) is 2. The molecule has 0 radical (unpaired) electrons. The van der Waals surface area contributed by atoms with Gasteiger partial charge in [-0.25, -0.2) is 9.07 Å². The fourth-order valence-electron chi connectivity index (χ4n) is 2.37. The van der Waals surface area contributed by atoms with Crippen LogP contribution in [0.4, 0.5) is 4.39 Å². The molecule has 0 saturated carbocycles. The summed E-state index contributed by atoms with van der Waals surface area (Å²) in [5.41, 5.74) is 4.53. The lowest BCUT2D eigenvalue weighted by Gasteiger charge is -2.14. The Hall–Kier alpha value is -1.68. The summed E-state index contributed by atoms with van der Waals surface area (Å²) in [6.45, 7) is 11.8. The van der Waals surface area contributed by atoms with Crippen molar-refractivity contribution in [2.45, 2.75) is 41.2 Å². The van der Waals surface area contributed by atoms with Crippen LogP contribution in [0, 0.1) is 32.5 Å². The first-order valence-electron chi connectivity index (χ1n) is 7.43. The Morgan fingerprint density at radius 1 is 1.24 bits per heavy atom. The molecule has 0 amide bonds. The van der Waals surface area contributed by atoms with Gasteiger partial charge in [-0.05, 0) is 50.4 Å². The Morgan fingerprint density at radius 2 is 1.95 bits per heavy atom. The number of aryl methyl sites for hydroxylation is 1. The smallest absolute Gasteiger partial charge is 0.149 e. The van der Waals surface area contributed by atoms with E-state index in [9.17, 15) is 4.39 Å². The quantitative estimate of drug-likeness (QED) is 0.910. The lowest BCUT2D eigenvalue weighted by molar-refractivity contribution is 0.546. The largest absolute Gasteiger partial charge is 0.312 e. The first-order chi connectivity index (χ1) is 9.91. The highest BCUT2D eigenvalue weighted by Gasteiger charge is 2.16. The van der Waals surface area contributed by atoms with Crippen molar-refractivity contribution < 1.29 is 4.39 Å². The summed E-state index contributed by atoms with van der Waals surface area (Å²) in [6, 6.07) is 5.20. The molecule has 0 aliphatic heterocycles. The predicted molar refractivity (Wildman–Crippen MR) is 84.3 cm³/mol. The van der Waals surface area contributed by atoms with Gasteiger partial charge in [-0.2, -0.15) is 5.10 Å². The zero-order chi connectivity index (χ0) is 15.6. The van der Waals surface area contributed by atoms with Crippen LogP contribution >= 0.6 is 0 Å². The lowest BCUT2D eigenvalue weighted by Crippen LogP contribution is -2.20. The predicted octanol–water partition coefficient (Wildman–Crippen LogP) is 3.68. The van der Waals surface area contributed by atoms with Gasteiger partial charge in [0.2, 0.25) is 0 Å². The van der Waals surface area contributed by atoms with Gasteiger partial charge in [0.1, 0.15) is 11.5 Å². The van der Waals surface area contributed by atoms with Crippen molar-refractivity contribution in [3.05, 3.63) is 46.5 Å². The number of benzene rings is 1. The molecule has 1 aromatic carbocycles. The third-order valence-electron chi connectivity index (χ3n) is 3.80. The van der Waals surface area contributed by atoms with Crippen LogP contribution in [0.3, 0.4) is 0 Å². The topological polar surface area (TPSA) is 29.9 Å². The average Bonchev–Trinajstić information content (AvgIpc) is 2.66. The van der Waals surface area contributed by atoms with Gasteiger partial charge in [0, 0.05) is 12.2 Å². The fraction of sp³-hybridized carbons (Fsp3) is 0.471. The van der Waals surface area contributed by atoms with Crippen molar-refractivity contribution in [1.29, 1.82) is 0 Å². The molecule has 114 valence electrons. The highest BCUT2D eigenvalue weighted by Crippen LogP contribution is 2.23. The molecule has 0 aliphatic carbocycles. The minimum atomic E-state index is -0.232. The zero-order valence-corrected chi connectivity index (χ0v) is 13.5. The monoisotopic (exact) mass is 289 g/mol. The van der Waals surface area contributed by atoms with Crippen LogP contribution in [0.25, 0.3) is 5.69 Å². The maximum absolute atomic E-state index is 14.4. The van der Waals surface area contributed by atoms with Crippen LogP contribution in [0.1, 0.15) is 36.4 Å². The van der Waals surface area contributed by atoms with Crippen molar-refractivity contribution in [3.63, 3.8) is 0 Å². The molecule has 1 aromatic heterocycles. The summed E-state index contributed by atoms with van der Waals surface area (Å²) in [5, 5.41) is 7.87. The van der Waals surface area contributed by atoms with Crippen molar-refractivity contribution in [2.75, 3.05) is 6.54 Å². The van der Waals surface area contributed by atoms with Gasteiger partial charge in [-0.3, -0.25) is 0 Å². The van der Waals surface area contributed by atoms with Gasteiger partial charge >= 0.3 is 0 Å². The number of para-hydroxylation sites is 1. The molecular weight excluding hydrogens is 265 g/mol. The van der Waals surface area contributed by atoms with Gasteiger partial charge in [0.05, 0.1) is 5.69 Å². The highest BCUT2D eigenvalue weighted by atomic mass is 19.1. The van der Waals surface area contributed by atoms with Crippen molar-refractivity contribution in [2.24, 2.45) is 5.92 Å². The van der Waals surface area contributed by atoms with E-state index in [1.165, 1.54) is 6.07 Å². The molecule has 3 nitrogen and oxygen atoms in total. The van der Waals surface area contributed by atoms with Crippen LogP contribution in [0.15, 0.2) is 18.2 Å². The third-order valence-corrected chi connectivity index (χ3v) is 3.80. The molecule has 0 bridgehead atoms. The molecule has 2 rings (SSSR count). The number of hydrogen-bond acceptors (Lipinski definition) is 2. The van der Waals surface area contributed by atoms with E-state index >= 15 is 0 Å². The second-order valence-corrected chi connectivity index (χ2v) is 5.98. The normalized spacial score (nSPS) is 11.4. The molecule has 0 spiro atoms. The zero-order valence-electron chi connectivity index (χ0n) is 13.5. The standard InChI is InChI=1S/C17H24FN3/c1-11(2)9-19-10-15-7-6-8-16(18)17(15)21-14(5)12(3)13(4)20-21/h6-8,11,19H,9-10H2,1-5H3. The lowest BCUT2D eigenvalue weighted by atomic mass is 10.1. The van der Waals surface area contributed by atoms with Gasteiger partial charge in [-0.1, -0.05) is 26.0 Å². The second-order valence-electron chi connectivity index (χ2n) is 5.98. The minimum absolute atomic E-state index is 0.232. The summed E-state index contributed by atoms with van der Waals surface area (Å²) in [6.07, 6.45) is 0. The number of halogens is 1. The van der Waals surface area contributed by atoms with E-state index in [0.717, 1.165) is 29.1 Å². The van der Waals surface area contributed by atoms with Crippen molar-refractivity contribution >= 4 is 0 Å². The maximum atomic E-state index is 14.4. The summed E-state index contributed by atoms with van der Waals surface area (Å²) < 4.78 is 16.1. The first kappa shape index (κ1) is 15.7. The van der Waals surface area contributed by atoms with Gasteiger partial charge in [0.15, 0.2) is 0 Å².